The van der Waals surface area contributed by atoms with Crippen LogP contribution in [-0.2, 0) is 11.2 Å². The van der Waals surface area contributed by atoms with Gasteiger partial charge in [-0.25, -0.2) is 4.98 Å². The molecule has 3 nitrogen and oxygen atoms in total. The number of carbonyl (C=O) groups is 1. The van der Waals surface area contributed by atoms with Crippen LogP contribution < -0.4 is 5.32 Å². The molecule has 29 heavy (non-hydrogen) atoms. The quantitative estimate of drug-likeness (QED) is 0.378. The van der Waals surface area contributed by atoms with Gasteiger partial charge in [-0.2, -0.15) is 0 Å². The molecular weight excluding hydrogens is 400 g/mol. The molecule has 0 fully saturated rings. The minimum Gasteiger partial charge on any atom is -0.326 e. The first-order valence-corrected chi connectivity index (χ1v) is 10.6. The third-order valence-electron chi connectivity index (χ3n) is 4.50. The van der Waals surface area contributed by atoms with E-state index in [4.69, 9.17) is 16.6 Å². The summed E-state index contributed by atoms with van der Waals surface area (Å²) in [7, 11) is 0. The highest BCUT2D eigenvalue weighted by molar-refractivity contribution is 7.13. The summed E-state index contributed by atoms with van der Waals surface area (Å²) in [5.41, 5.74) is 4.82. The Morgan fingerprint density at radius 1 is 0.931 bits per heavy atom. The van der Waals surface area contributed by atoms with Gasteiger partial charge in [0, 0.05) is 33.6 Å². The summed E-state index contributed by atoms with van der Waals surface area (Å²) < 4.78 is 0. The summed E-state index contributed by atoms with van der Waals surface area (Å²) in [6.45, 7) is 0. The normalized spacial score (nSPS) is 10.7. The van der Waals surface area contributed by atoms with Crippen LogP contribution in [0, 0.1) is 0 Å². The lowest BCUT2D eigenvalue weighted by atomic mass is 10.1. The second kappa shape index (κ2) is 9.03. The number of carbonyl (C=O) groups excluding carboxylic acids is 1. The zero-order chi connectivity index (χ0) is 20.1. The predicted molar refractivity (Wildman–Crippen MR) is 121 cm³/mol. The third kappa shape index (κ3) is 5.11. The summed E-state index contributed by atoms with van der Waals surface area (Å²) in [6.07, 6.45) is 1.05. The van der Waals surface area contributed by atoms with Crippen LogP contribution in [0.4, 0.5) is 5.69 Å². The molecule has 0 spiro atoms. The average Bonchev–Trinajstić information content (AvgIpc) is 3.24. The fourth-order valence-corrected chi connectivity index (χ4v) is 4.10. The van der Waals surface area contributed by atoms with Crippen molar-refractivity contribution in [3.63, 3.8) is 0 Å². The van der Waals surface area contributed by atoms with E-state index < -0.39 is 0 Å². The van der Waals surface area contributed by atoms with E-state index in [9.17, 15) is 4.79 Å². The minimum atomic E-state index is -0.0228. The first-order valence-electron chi connectivity index (χ1n) is 9.33. The smallest absolute Gasteiger partial charge is 0.224 e. The van der Waals surface area contributed by atoms with Gasteiger partial charge in [-0.15, -0.1) is 11.3 Å². The van der Waals surface area contributed by atoms with Crippen molar-refractivity contribution < 1.29 is 4.79 Å². The number of amides is 1. The van der Waals surface area contributed by atoms with E-state index in [0.717, 1.165) is 33.1 Å². The van der Waals surface area contributed by atoms with Gasteiger partial charge in [0.25, 0.3) is 0 Å². The molecule has 1 N–H and O–H groups in total. The summed E-state index contributed by atoms with van der Waals surface area (Å²) in [4.78, 5) is 17.1. The standard InChI is InChI=1S/C24H19ClN2OS/c25-20-10-4-6-17(14-20)12-13-23(28)26-21-11-5-9-19(15-21)22-16-29-24(27-22)18-7-2-1-3-8-18/h1-11,14-16H,12-13H2,(H,26,28). The van der Waals surface area contributed by atoms with Crippen LogP contribution in [0.15, 0.2) is 84.2 Å². The molecule has 4 aromatic rings. The summed E-state index contributed by atoms with van der Waals surface area (Å²) >= 11 is 7.62. The monoisotopic (exact) mass is 418 g/mol. The lowest BCUT2D eigenvalue weighted by molar-refractivity contribution is -0.116. The number of thiazole rings is 1. The van der Waals surface area contributed by atoms with Gasteiger partial charge in [0.05, 0.1) is 5.69 Å². The Labute approximate surface area is 179 Å². The van der Waals surface area contributed by atoms with Crippen molar-refractivity contribution in [3.8, 4) is 21.8 Å². The van der Waals surface area contributed by atoms with Crippen molar-refractivity contribution in [3.05, 3.63) is 94.8 Å². The molecule has 0 saturated carbocycles. The van der Waals surface area contributed by atoms with E-state index in [-0.39, 0.29) is 5.91 Å². The van der Waals surface area contributed by atoms with E-state index in [1.807, 2.05) is 72.1 Å². The van der Waals surface area contributed by atoms with Gasteiger partial charge in [-0.1, -0.05) is 66.2 Å². The lowest BCUT2D eigenvalue weighted by Gasteiger charge is -2.07. The molecule has 3 aromatic carbocycles. The number of anilines is 1. The highest BCUT2D eigenvalue weighted by Gasteiger charge is 2.09. The lowest BCUT2D eigenvalue weighted by Crippen LogP contribution is -2.12. The number of benzene rings is 3. The molecule has 144 valence electrons. The van der Waals surface area contributed by atoms with Crippen molar-refractivity contribution in [2.45, 2.75) is 12.8 Å². The Balaban J connectivity index is 1.42. The van der Waals surface area contributed by atoms with Gasteiger partial charge in [-0.3, -0.25) is 4.79 Å². The molecule has 1 aromatic heterocycles. The molecule has 0 radical (unpaired) electrons. The van der Waals surface area contributed by atoms with Gasteiger partial charge >= 0.3 is 0 Å². The molecule has 0 aliphatic rings. The van der Waals surface area contributed by atoms with Crippen molar-refractivity contribution >= 4 is 34.5 Å². The second-order valence-electron chi connectivity index (χ2n) is 6.66. The number of aryl methyl sites for hydroxylation is 1. The van der Waals surface area contributed by atoms with Crippen molar-refractivity contribution in [2.75, 3.05) is 5.32 Å². The topological polar surface area (TPSA) is 42.0 Å². The first-order chi connectivity index (χ1) is 14.2. The molecule has 0 aliphatic heterocycles. The van der Waals surface area contributed by atoms with Crippen molar-refractivity contribution in [1.29, 1.82) is 0 Å². The Morgan fingerprint density at radius 3 is 2.55 bits per heavy atom. The van der Waals surface area contributed by atoms with Gasteiger partial charge in [0.1, 0.15) is 5.01 Å². The average molecular weight is 419 g/mol. The molecule has 1 heterocycles. The molecular formula is C24H19ClN2OS. The van der Waals surface area contributed by atoms with E-state index in [0.29, 0.717) is 17.9 Å². The number of halogens is 1. The maximum Gasteiger partial charge on any atom is 0.224 e. The largest absolute Gasteiger partial charge is 0.326 e. The molecule has 0 saturated heterocycles. The fraction of sp³-hybridized carbons (Fsp3) is 0.0833. The summed E-state index contributed by atoms with van der Waals surface area (Å²) in [6, 6.07) is 25.5. The highest BCUT2D eigenvalue weighted by atomic mass is 35.5. The Kier molecular flexibility index (Phi) is 6.03. The Morgan fingerprint density at radius 2 is 1.72 bits per heavy atom. The molecule has 0 aliphatic carbocycles. The van der Waals surface area contributed by atoms with E-state index in [1.54, 1.807) is 11.3 Å². The van der Waals surface area contributed by atoms with Crippen LogP contribution in [0.1, 0.15) is 12.0 Å². The number of nitrogens with zero attached hydrogens (tertiary/aromatic N) is 1. The van der Waals surface area contributed by atoms with Crippen LogP contribution in [0.2, 0.25) is 5.02 Å². The zero-order valence-electron chi connectivity index (χ0n) is 15.6. The zero-order valence-corrected chi connectivity index (χ0v) is 17.2. The van der Waals surface area contributed by atoms with E-state index >= 15 is 0 Å². The number of nitrogens with one attached hydrogen (secondary N) is 1. The Hall–Kier alpha value is -2.95. The molecule has 5 heteroatoms. The van der Waals surface area contributed by atoms with Crippen LogP contribution >= 0.6 is 22.9 Å². The molecule has 1 amide bonds. The number of rotatable bonds is 6. The number of hydrogen-bond acceptors (Lipinski definition) is 3. The van der Waals surface area contributed by atoms with Crippen molar-refractivity contribution in [2.24, 2.45) is 0 Å². The third-order valence-corrected chi connectivity index (χ3v) is 5.62. The second-order valence-corrected chi connectivity index (χ2v) is 7.96. The first kappa shape index (κ1) is 19.4. The van der Waals surface area contributed by atoms with E-state index in [1.165, 1.54) is 0 Å². The molecule has 0 bridgehead atoms. The summed E-state index contributed by atoms with van der Waals surface area (Å²) in [5, 5.41) is 6.69. The number of hydrogen-bond donors (Lipinski definition) is 1. The Bertz CT molecular complexity index is 1120. The maximum absolute atomic E-state index is 12.3. The van der Waals surface area contributed by atoms with Gasteiger partial charge < -0.3 is 5.32 Å². The van der Waals surface area contributed by atoms with Gasteiger partial charge in [-0.05, 0) is 36.2 Å². The SMILES string of the molecule is O=C(CCc1cccc(Cl)c1)Nc1cccc(-c2csc(-c3ccccc3)n2)c1. The maximum atomic E-state index is 12.3. The van der Waals surface area contributed by atoms with Crippen LogP contribution in [-0.4, -0.2) is 10.9 Å². The molecule has 0 atom stereocenters. The van der Waals surface area contributed by atoms with Crippen LogP contribution in [0.3, 0.4) is 0 Å². The predicted octanol–water partition coefficient (Wildman–Crippen LogP) is 6.70. The van der Waals surface area contributed by atoms with E-state index in [2.05, 4.69) is 17.4 Å². The highest BCUT2D eigenvalue weighted by Crippen LogP contribution is 2.29. The minimum absolute atomic E-state index is 0.0228. The van der Waals surface area contributed by atoms with Crippen molar-refractivity contribution in [1.82, 2.24) is 4.98 Å². The van der Waals surface area contributed by atoms with Crippen LogP contribution in [0.25, 0.3) is 21.8 Å². The molecule has 4 rings (SSSR count). The summed E-state index contributed by atoms with van der Waals surface area (Å²) in [5.74, 6) is -0.0228. The fourth-order valence-electron chi connectivity index (χ4n) is 3.05. The number of aromatic nitrogens is 1. The van der Waals surface area contributed by atoms with Gasteiger partial charge in [0.15, 0.2) is 0 Å². The van der Waals surface area contributed by atoms with Crippen LogP contribution in [0.5, 0.6) is 0 Å². The van der Waals surface area contributed by atoms with Gasteiger partial charge in [0.2, 0.25) is 5.91 Å². The molecule has 0 unspecified atom stereocenters.